The molecule has 0 bridgehead atoms. The summed E-state index contributed by atoms with van der Waals surface area (Å²) in [6.07, 6.45) is 4.68. The van der Waals surface area contributed by atoms with E-state index in [1.807, 2.05) is 31.5 Å². The lowest BCUT2D eigenvalue weighted by atomic mass is 10.00. The van der Waals surface area contributed by atoms with Gasteiger partial charge in [0.1, 0.15) is 0 Å². The van der Waals surface area contributed by atoms with Gasteiger partial charge in [-0.2, -0.15) is 0 Å². The van der Waals surface area contributed by atoms with Crippen molar-refractivity contribution in [2.75, 3.05) is 32.7 Å². The highest BCUT2D eigenvalue weighted by Crippen LogP contribution is 2.18. The van der Waals surface area contributed by atoms with Crippen LogP contribution in [0.15, 0.2) is 53.8 Å². The summed E-state index contributed by atoms with van der Waals surface area (Å²) < 4.78 is 2.12. The van der Waals surface area contributed by atoms with Crippen LogP contribution >= 0.6 is 0 Å². The number of benzene rings is 1. The Labute approximate surface area is 161 Å². The van der Waals surface area contributed by atoms with E-state index >= 15 is 0 Å². The molecule has 0 spiro atoms. The Hall–Kier alpha value is -2.31. The third-order valence-electron chi connectivity index (χ3n) is 4.81. The fourth-order valence-corrected chi connectivity index (χ4v) is 3.43. The molecule has 0 saturated heterocycles. The number of fused-ring (bicyclic) bond motifs is 1. The number of guanidine groups is 1. The minimum atomic E-state index is -0.463. The van der Waals surface area contributed by atoms with Gasteiger partial charge in [0.25, 0.3) is 0 Å². The molecule has 6 nitrogen and oxygen atoms in total. The van der Waals surface area contributed by atoms with Crippen molar-refractivity contribution in [3.05, 3.63) is 59.9 Å². The van der Waals surface area contributed by atoms with Crippen LogP contribution in [0, 0.1) is 0 Å². The third kappa shape index (κ3) is 6.12. The second kappa shape index (κ2) is 10.1. The normalized spacial score (nSPS) is 16.0. The minimum Gasteiger partial charge on any atom is -0.390 e. The van der Waals surface area contributed by atoms with Crippen LogP contribution in [0.25, 0.3) is 0 Å². The molecule has 3 rings (SSSR count). The molecule has 2 heterocycles. The molecule has 0 fully saturated rings. The number of rotatable bonds is 8. The van der Waals surface area contributed by atoms with Gasteiger partial charge in [0.15, 0.2) is 5.96 Å². The van der Waals surface area contributed by atoms with Crippen LogP contribution in [0.5, 0.6) is 0 Å². The number of nitrogens with one attached hydrogen (secondary N) is 2. The fourth-order valence-electron chi connectivity index (χ4n) is 3.43. The van der Waals surface area contributed by atoms with Gasteiger partial charge in [-0.1, -0.05) is 24.3 Å². The Bertz CT molecular complexity index is 713. The lowest BCUT2D eigenvalue weighted by Crippen LogP contribution is -2.41. The van der Waals surface area contributed by atoms with Crippen LogP contribution in [-0.2, 0) is 19.5 Å². The predicted molar refractivity (Wildman–Crippen MR) is 110 cm³/mol. The highest BCUT2D eigenvalue weighted by atomic mass is 16.3. The van der Waals surface area contributed by atoms with E-state index in [9.17, 15) is 5.11 Å². The summed E-state index contributed by atoms with van der Waals surface area (Å²) in [4.78, 5) is 6.86. The zero-order valence-corrected chi connectivity index (χ0v) is 16.1. The number of aliphatic hydroxyl groups is 1. The summed E-state index contributed by atoms with van der Waals surface area (Å²) in [7, 11) is 0. The van der Waals surface area contributed by atoms with Gasteiger partial charge >= 0.3 is 0 Å². The van der Waals surface area contributed by atoms with E-state index in [4.69, 9.17) is 0 Å². The molecule has 3 N–H and O–H groups in total. The average Bonchev–Trinajstić information content (AvgIpc) is 3.19. The van der Waals surface area contributed by atoms with Crippen LogP contribution in [0.4, 0.5) is 0 Å². The van der Waals surface area contributed by atoms with Crippen LogP contribution < -0.4 is 10.6 Å². The van der Waals surface area contributed by atoms with Crippen molar-refractivity contribution in [1.82, 2.24) is 20.1 Å². The smallest absolute Gasteiger partial charge is 0.191 e. The second-order valence-corrected chi connectivity index (χ2v) is 6.97. The first-order valence-corrected chi connectivity index (χ1v) is 9.84. The van der Waals surface area contributed by atoms with Crippen LogP contribution in [-0.4, -0.2) is 59.4 Å². The number of β-amino-alcohol motifs (C(OH)–C–C–N with tert-alkyl or cyclic N) is 1. The molecule has 0 saturated carbocycles. The van der Waals surface area contributed by atoms with Crippen LogP contribution in [0.2, 0.25) is 0 Å². The van der Waals surface area contributed by atoms with Gasteiger partial charge in [-0.05, 0) is 36.6 Å². The minimum absolute atomic E-state index is 0.400. The predicted octanol–water partition coefficient (Wildman–Crippen LogP) is 1.46. The highest BCUT2D eigenvalue weighted by Gasteiger charge is 2.18. The topological polar surface area (TPSA) is 64.8 Å². The number of aliphatic hydroxyl groups excluding tert-OH is 1. The molecule has 1 aliphatic heterocycles. The van der Waals surface area contributed by atoms with Gasteiger partial charge in [-0.3, -0.25) is 9.89 Å². The second-order valence-electron chi connectivity index (χ2n) is 6.97. The maximum atomic E-state index is 10.4. The largest absolute Gasteiger partial charge is 0.390 e. The van der Waals surface area contributed by atoms with Crippen molar-refractivity contribution < 1.29 is 5.11 Å². The maximum absolute atomic E-state index is 10.4. The lowest BCUT2D eigenvalue weighted by Gasteiger charge is -2.30. The molecule has 0 aliphatic carbocycles. The number of nitrogens with zero attached hydrogens (tertiary/aromatic N) is 3. The summed E-state index contributed by atoms with van der Waals surface area (Å²) in [5.74, 6) is 0.757. The van der Waals surface area contributed by atoms with Gasteiger partial charge < -0.3 is 20.3 Å². The highest BCUT2D eigenvalue weighted by molar-refractivity contribution is 5.79. The first-order chi connectivity index (χ1) is 13.2. The first kappa shape index (κ1) is 19.5. The number of hydrogen-bond acceptors (Lipinski definition) is 3. The van der Waals surface area contributed by atoms with Crippen molar-refractivity contribution in [2.24, 2.45) is 4.99 Å². The van der Waals surface area contributed by atoms with Gasteiger partial charge in [0, 0.05) is 51.7 Å². The molecule has 6 heteroatoms. The number of aromatic nitrogens is 1. The van der Waals surface area contributed by atoms with E-state index in [-0.39, 0.29) is 0 Å². The Morgan fingerprint density at radius 3 is 2.70 bits per heavy atom. The zero-order valence-electron chi connectivity index (χ0n) is 16.1. The molecule has 146 valence electrons. The molecule has 1 aliphatic rings. The lowest BCUT2D eigenvalue weighted by molar-refractivity contribution is 0.111. The Balaban J connectivity index is 1.44. The van der Waals surface area contributed by atoms with Crippen LogP contribution in [0.3, 0.4) is 0 Å². The molecular formula is C21H31N5O. The van der Waals surface area contributed by atoms with E-state index in [2.05, 4.69) is 49.4 Å². The first-order valence-electron chi connectivity index (χ1n) is 9.84. The van der Waals surface area contributed by atoms with Crippen molar-refractivity contribution >= 4 is 5.96 Å². The summed E-state index contributed by atoms with van der Waals surface area (Å²) in [6.45, 7) is 7.47. The van der Waals surface area contributed by atoms with Crippen molar-refractivity contribution in [2.45, 2.75) is 32.5 Å². The molecule has 1 aromatic carbocycles. The van der Waals surface area contributed by atoms with E-state index in [1.54, 1.807) is 0 Å². The van der Waals surface area contributed by atoms with Gasteiger partial charge in [0.05, 0.1) is 12.6 Å². The van der Waals surface area contributed by atoms with Crippen molar-refractivity contribution in [3.63, 3.8) is 0 Å². The molecular weight excluding hydrogens is 338 g/mol. The van der Waals surface area contributed by atoms with Gasteiger partial charge in [-0.15, -0.1) is 0 Å². The van der Waals surface area contributed by atoms with Crippen LogP contribution in [0.1, 0.15) is 18.1 Å². The summed E-state index contributed by atoms with van der Waals surface area (Å²) in [5, 5.41) is 17.0. The van der Waals surface area contributed by atoms with Crippen molar-refractivity contribution in [1.29, 1.82) is 0 Å². The van der Waals surface area contributed by atoms with Gasteiger partial charge in [0.2, 0.25) is 0 Å². The fraction of sp³-hybridized carbons (Fsp3) is 0.476. The van der Waals surface area contributed by atoms with E-state index in [1.165, 1.54) is 11.1 Å². The summed E-state index contributed by atoms with van der Waals surface area (Å²) >= 11 is 0. The Morgan fingerprint density at radius 2 is 1.93 bits per heavy atom. The standard InChI is InChI=1S/C21H31N5O/c1-2-22-21(23-10-14-25-11-5-6-12-25)24-15-20(27)17-26-13-9-18-7-3-4-8-19(18)16-26/h3-8,11-12,20,27H,2,9-10,13-17H2,1H3,(H2,22,23,24). The molecule has 1 atom stereocenters. The summed E-state index contributed by atoms with van der Waals surface area (Å²) in [6, 6.07) is 12.6. The zero-order chi connectivity index (χ0) is 18.9. The molecule has 0 amide bonds. The summed E-state index contributed by atoms with van der Waals surface area (Å²) in [5.41, 5.74) is 2.81. The van der Waals surface area contributed by atoms with E-state index in [0.717, 1.165) is 45.1 Å². The number of aliphatic imine (C=N–C) groups is 1. The van der Waals surface area contributed by atoms with Crippen molar-refractivity contribution in [3.8, 4) is 0 Å². The SMILES string of the molecule is CCNC(=NCC(O)CN1CCc2ccccc2C1)NCCn1cccc1. The van der Waals surface area contributed by atoms with E-state index < -0.39 is 6.10 Å². The van der Waals surface area contributed by atoms with E-state index in [0.29, 0.717) is 13.1 Å². The molecule has 1 unspecified atom stereocenters. The Kier molecular flexibility index (Phi) is 7.30. The molecule has 0 radical (unpaired) electrons. The average molecular weight is 370 g/mol. The Morgan fingerprint density at radius 1 is 1.15 bits per heavy atom. The van der Waals surface area contributed by atoms with Gasteiger partial charge in [-0.25, -0.2) is 0 Å². The quantitative estimate of drug-likeness (QED) is 0.487. The monoisotopic (exact) mass is 369 g/mol. The maximum Gasteiger partial charge on any atom is 0.191 e. The molecule has 27 heavy (non-hydrogen) atoms. The molecule has 2 aromatic rings. The number of hydrogen-bond donors (Lipinski definition) is 3. The third-order valence-corrected chi connectivity index (χ3v) is 4.81. The molecule has 1 aromatic heterocycles.